The second-order valence-electron chi connectivity index (χ2n) is 5.03. The molecule has 0 spiro atoms. The molecule has 0 saturated heterocycles. The van der Waals surface area contributed by atoms with E-state index in [0.717, 1.165) is 25.8 Å². The number of hydrogen-bond donors (Lipinski definition) is 1. The lowest BCUT2D eigenvalue weighted by molar-refractivity contribution is -0.147. The van der Waals surface area contributed by atoms with Gasteiger partial charge in [0.05, 0.1) is 5.41 Å². The van der Waals surface area contributed by atoms with Crippen LogP contribution in [0.1, 0.15) is 47.0 Å². The molecule has 3 nitrogen and oxygen atoms in total. The number of carboxylic acid groups (broad SMARTS) is 1. The normalized spacial score (nSPS) is 14.3. The van der Waals surface area contributed by atoms with Gasteiger partial charge >= 0.3 is 5.97 Å². The number of nitrogens with zero attached hydrogens (tertiary/aromatic N) is 1. The van der Waals surface area contributed by atoms with Gasteiger partial charge in [-0.05, 0) is 53.6 Å². The van der Waals surface area contributed by atoms with Gasteiger partial charge in [-0.25, -0.2) is 0 Å². The molecule has 1 N–H and O–H groups in total. The van der Waals surface area contributed by atoms with Crippen molar-refractivity contribution in [3.8, 4) is 0 Å². The maximum absolute atomic E-state index is 10.9. The SMILES string of the molecule is CCC(C)N(C)CCCC(C)(C)C(=O)O. The predicted octanol–water partition coefficient (Wildman–Crippen LogP) is 2.61. The van der Waals surface area contributed by atoms with Crippen molar-refractivity contribution in [2.24, 2.45) is 5.41 Å². The molecule has 90 valence electrons. The average molecular weight is 215 g/mol. The lowest BCUT2D eigenvalue weighted by atomic mass is 9.88. The van der Waals surface area contributed by atoms with Gasteiger partial charge in [-0.15, -0.1) is 0 Å². The van der Waals surface area contributed by atoms with Crippen LogP contribution in [-0.2, 0) is 4.79 Å². The Morgan fingerprint density at radius 2 is 2.00 bits per heavy atom. The number of rotatable bonds is 7. The van der Waals surface area contributed by atoms with Crippen LogP contribution in [0, 0.1) is 5.41 Å². The van der Waals surface area contributed by atoms with Gasteiger partial charge in [0.25, 0.3) is 0 Å². The monoisotopic (exact) mass is 215 g/mol. The second-order valence-corrected chi connectivity index (χ2v) is 5.03. The topological polar surface area (TPSA) is 40.5 Å². The van der Waals surface area contributed by atoms with Gasteiger partial charge in [0.15, 0.2) is 0 Å². The van der Waals surface area contributed by atoms with E-state index >= 15 is 0 Å². The molecule has 0 radical (unpaired) electrons. The molecular formula is C12H25NO2. The molecule has 3 heteroatoms. The Morgan fingerprint density at radius 3 is 2.40 bits per heavy atom. The highest BCUT2D eigenvalue weighted by Gasteiger charge is 2.26. The van der Waals surface area contributed by atoms with Gasteiger partial charge in [-0.1, -0.05) is 6.92 Å². The molecule has 0 rings (SSSR count). The highest BCUT2D eigenvalue weighted by Crippen LogP contribution is 2.22. The van der Waals surface area contributed by atoms with E-state index in [1.54, 1.807) is 13.8 Å². The van der Waals surface area contributed by atoms with Crippen LogP contribution < -0.4 is 0 Å². The summed E-state index contributed by atoms with van der Waals surface area (Å²) < 4.78 is 0. The highest BCUT2D eigenvalue weighted by atomic mass is 16.4. The molecule has 0 fully saturated rings. The van der Waals surface area contributed by atoms with Crippen molar-refractivity contribution in [1.29, 1.82) is 0 Å². The standard InChI is InChI=1S/C12H25NO2/c1-6-10(2)13(5)9-7-8-12(3,4)11(14)15/h10H,6-9H2,1-5H3,(H,14,15). The lowest BCUT2D eigenvalue weighted by Gasteiger charge is -2.25. The molecule has 0 aliphatic carbocycles. The minimum Gasteiger partial charge on any atom is -0.481 e. The summed E-state index contributed by atoms with van der Waals surface area (Å²) in [6, 6.07) is 0.581. The van der Waals surface area contributed by atoms with Crippen molar-refractivity contribution in [3.63, 3.8) is 0 Å². The summed E-state index contributed by atoms with van der Waals surface area (Å²) in [5.41, 5.74) is -0.587. The van der Waals surface area contributed by atoms with E-state index < -0.39 is 11.4 Å². The van der Waals surface area contributed by atoms with Crippen LogP contribution in [0.15, 0.2) is 0 Å². The van der Waals surface area contributed by atoms with E-state index in [0.29, 0.717) is 6.04 Å². The summed E-state index contributed by atoms with van der Waals surface area (Å²) in [6.45, 7) is 8.92. The summed E-state index contributed by atoms with van der Waals surface area (Å²) in [5.74, 6) is -0.700. The van der Waals surface area contributed by atoms with Crippen LogP contribution in [-0.4, -0.2) is 35.6 Å². The summed E-state index contributed by atoms with van der Waals surface area (Å²) >= 11 is 0. The Kier molecular flexibility index (Phi) is 5.88. The maximum Gasteiger partial charge on any atom is 0.309 e. The van der Waals surface area contributed by atoms with Crippen LogP contribution in [0.3, 0.4) is 0 Å². The summed E-state index contributed by atoms with van der Waals surface area (Å²) in [6.07, 6.45) is 2.82. The minimum atomic E-state index is -0.700. The molecule has 1 atom stereocenters. The van der Waals surface area contributed by atoms with E-state index in [1.165, 1.54) is 0 Å². The summed E-state index contributed by atoms with van der Waals surface area (Å²) in [7, 11) is 2.10. The Morgan fingerprint density at radius 1 is 1.47 bits per heavy atom. The molecule has 0 aromatic carbocycles. The summed E-state index contributed by atoms with van der Waals surface area (Å²) in [4.78, 5) is 13.2. The van der Waals surface area contributed by atoms with Gasteiger partial charge < -0.3 is 10.0 Å². The van der Waals surface area contributed by atoms with Crippen LogP contribution in [0.4, 0.5) is 0 Å². The van der Waals surface area contributed by atoms with E-state index in [9.17, 15) is 4.79 Å². The first-order valence-corrected chi connectivity index (χ1v) is 5.75. The Balaban J connectivity index is 3.84. The molecular weight excluding hydrogens is 190 g/mol. The first kappa shape index (κ1) is 14.4. The highest BCUT2D eigenvalue weighted by molar-refractivity contribution is 5.73. The number of aliphatic carboxylic acids is 1. The van der Waals surface area contributed by atoms with E-state index in [2.05, 4.69) is 25.8 Å². The molecule has 0 aliphatic heterocycles. The van der Waals surface area contributed by atoms with Gasteiger partial charge in [-0.2, -0.15) is 0 Å². The fourth-order valence-electron chi connectivity index (χ4n) is 1.41. The third-order valence-corrected chi connectivity index (χ3v) is 3.23. The Labute approximate surface area is 93.5 Å². The smallest absolute Gasteiger partial charge is 0.309 e. The van der Waals surface area contributed by atoms with Gasteiger partial charge in [-0.3, -0.25) is 4.79 Å². The third-order valence-electron chi connectivity index (χ3n) is 3.23. The zero-order chi connectivity index (χ0) is 12.1. The third kappa shape index (κ3) is 5.17. The van der Waals surface area contributed by atoms with Crippen molar-refractivity contribution < 1.29 is 9.90 Å². The van der Waals surface area contributed by atoms with Crippen molar-refractivity contribution in [1.82, 2.24) is 4.90 Å². The van der Waals surface area contributed by atoms with Crippen molar-refractivity contribution in [2.45, 2.75) is 53.0 Å². The van der Waals surface area contributed by atoms with Crippen molar-refractivity contribution in [2.75, 3.05) is 13.6 Å². The van der Waals surface area contributed by atoms with Crippen molar-refractivity contribution >= 4 is 5.97 Å². The molecule has 0 aliphatic rings. The molecule has 0 saturated carbocycles. The van der Waals surface area contributed by atoms with Crippen LogP contribution >= 0.6 is 0 Å². The van der Waals surface area contributed by atoms with Crippen LogP contribution in [0.5, 0.6) is 0 Å². The first-order valence-electron chi connectivity index (χ1n) is 5.75. The molecule has 0 bridgehead atoms. The molecule has 0 heterocycles. The number of hydrogen-bond acceptors (Lipinski definition) is 2. The molecule has 0 aromatic rings. The lowest BCUT2D eigenvalue weighted by Crippen LogP contribution is -2.31. The minimum absolute atomic E-state index is 0.581. The Bertz CT molecular complexity index is 202. The zero-order valence-corrected chi connectivity index (χ0v) is 10.7. The van der Waals surface area contributed by atoms with E-state index in [-0.39, 0.29) is 0 Å². The van der Waals surface area contributed by atoms with Gasteiger partial charge in [0.1, 0.15) is 0 Å². The van der Waals surface area contributed by atoms with Gasteiger partial charge in [0.2, 0.25) is 0 Å². The quantitative estimate of drug-likeness (QED) is 0.709. The second kappa shape index (κ2) is 6.11. The average Bonchev–Trinajstić information content (AvgIpc) is 2.15. The largest absolute Gasteiger partial charge is 0.481 e. The molecule has 15 heavy (non-hydrogen) atoms. The fraction of sp³-hybridized carbons (Fsp3) is 0.917. The number of carboxylic acids is 1. The van der Waals surface area contributed by atoms with E-state index in [1.807, 2.05) is 0 Å². The molecule has 1 unspecified atom stereocenters. The van der Waals surface area contributed by atoms with Crippen molar-refractivity contribution in [3.05, 3.63) is 0 Å². The van der Waals surface area contributed by atoms with E-state index in [4.69, 9.17) is 5.11 Å². The van der Waals surface area contributed by atoms with Crippen LogP contribution in [0.2, 0.25) is 0 Å². The molecule has 0 aromatic heterocycles. The number of carbonyl (C=O) groups is 1. The maximum atomic E-state index is 10.9. The summed E-state index contributed by atoms with van der Waals surface area (Å²) in [5, 5.41) is 8.95. The van der Waals surface area contributed by atoms with Gasteiger partial charge in [0, 0.05) is 6.04 Å². The zero-order valence-electron chi connectivity index (χ0n) is 10.7. The predicted molar refractivity (Wildman–Crippen MR) is 63.0 cm³/mol. The molecule has 0 amide bonds. The first-order chi connectivity index (χ1) is 6.81. The van der Waals surface area contributed by atoms with Crippen LogP contribution in [0.25, 0.3) is 0 Å². The fourth-order valence-corrected chi connectivity index (χ4v) is 1.41. The Hall–Kier alpha value is -0.570.